The van der Waals surface area contributed by atoms with Crippen LogP contribution in [0.1, 0.15) is 10.4 Å². The highest BCUT2D eigenvalue weighted by atomic mass is 32.1. The molecule has 0 saturated carbocycles. The quantitative estimate of drug-likeness (QED) is 0.769. The molecule has 0 radical (unpaired) electrons. The van der Waals surface area contributed by atoms with Crippen LogP contribution >= 0.6 is 11.3 Å². The molecule has 1 aromatic carbocycles. The lowest BCUT2D eigenvalue weighted by Gasteiger charge is -1.99. The van der Waals surface area contributed by atoms with Crippen molar-refractivity contribution < 1.29 is 14.6 Å². The Morgan fingerprint density at radius 1 is 1.47 bits per heavy atom. The third-order valence-electron chi connectivity index (χ3n) is 2.86. The zero-order valence-electron chi connectivity index (χ0n) is 10.0. The minimum atomic E-state index is -0.992. The predicted molar refractivity (Wildman–Crippen MR) is 72.9 cm³/mol. The Kier molecular flexibility index (Phi) is 2.72. The Labute approximate surface area is 112 Å². The van der Waals surface area contributed by atoms with E-state index in [1.165, 1.54) is 17.5 Å². The zero-order chi connectivity index (χ0) is 13.4. The van der Waals surface area contributed by atoms with Crippen LogP contribution in [0, 0.1) is 0 Å². The molecule has 0 unspecified atom stereocenters. The Bertz CT molecular complexity index is 760. The third kappa shape index (κ3) is 1.86. The summed E-state index contributed by atoms with van der Waals surface area (Å²) < 4.78 is 6.34. The molecule has 96 valence electrons. The minimum absolute atomic E-state index is 0.172. The second-order valence-corrected chi connectivity index (χ2v) is 5.03. The zero-order valence-corrected chi connectivity index (χ0v) is 10.8. The van der Waals surface area contributed by atoms with E-state index in [4.69, 9.17) is 9.84 Å². The van der Waals surface area contributed by atoms with Gasteiger partial charge in [0.1, 0.15) is 11.3 Å². The molecule has 6 heteroatoms. The molecule has 0 spiro atoms. The van der Waals surface area contributed by atoms with Crippen LogP contribution in [0.25, 0.3) is 20.7 Å². The molecule has 2 N–H and O–H groups in total. The Morgan fingerprint density at radius 2 is 2.32 bits per heavy atom. The van der Waals surface area contributed by atoms with Crippen molar-refractivity contribution in [2.75, 3.05) is 7.11 Å². The number of thiophene rings is 1. The number of carboxylic acids is 1. The molecule has 0 fully saturated rings. The summed E-state index contributed by atoms with van der Waals surface area (Å²) >= 11 is 1.50. The first kappa shape index (κ1) is 11.7. The van der Waals surface area contributed by atoms with E-state index in [1.807, 2.05) is 24.3 Å². The van der Waals surface area contributed by atoms with Crippen LogP contribution in [0.3, 0.4) is 0 Å². The number of hydrogen-bond acceptors (Lipinski definition) is 4. The Morgan fingerprint density at radius 3 is 3.05 bits per heavy atom. The number of methoxy groups -OCH3 is 1. The molecule has 0 amide bonds. The molecule has 0 aliphatic heterocycles. The summed E-state index contributed by atoms with van der Waals surface area (Å²) in [6.45, 7) is 0. The normalized spacial score (nSPS) is 10.8. The molecule has 5 nitrogen and oxygen atoms in total. The number of hydrogen-bond donors (Lipinski definition) is 2. The molecular formula is C13H10N2O3S. The van der Waals surface area contributed by atoms with E-state index in [-0.39, 0.29) is 5.56 Å². The van der Waals surface area contributed by atoms with Crippen LogP contribution in [0.4, 0.5) is 0 Å². The van der Waals surface area contributed by atoms with Crippen molar-refractivity contribution in [1.82, 2.24) is 10.2 Å². The summed E-state index contributed by atoms with van der Waals surface area (Å²) in [5, 5.41) is 16.6. The standard InChI is InChI=1S/C13H10N2O3S/c1-18-9-3-2-4-10-7(9)5-11(19-10)12-8(13(16)17)6-14-15-12/h2-6H,1H3,(H,14,15)(H,16,17). The van der Waals surface area contributed by atoms with Gasteiger partial charge in [-0.15, -0.1) is 11.3 Å². The van der Waals surface area contributed by atoms with Gasteiger partial charge in [-0.05, 0) is 18.2 Å². The van der Waals surface area contributed by atoms with Gasteiger partial charge in [-0.25, -0.2) is 4.79 Å². The molecule has 19 heavy (non-hydrogen) atoms. The van der Waals surface area contributed by atoms with Crippen LogP contribution in [0.5, 0.6) is 5.75 Å². The lowest BCUT2D eigenvalue weighted by atomic mass is 10.2. The number of aromatic carboxylic acids is 1. The number of nitrogens with zero attached hydrogens (tertiary/aromatic N) is 1. The smallest absolute Gasteiger partial charge is 0.339 e. The van der Waals surface area contributed by atoms with Crippen molar-refractivity contribution >= 4 is 27.4 Å². The maximum absolute atomic E-state index is 11.1. The SMILES string of the molecule is COc1cccc2sc(-c3[nH]ncc3C(=O)O)cc12. The van der Waals surface area contributed by atoms with E-state index in [2.05, 4.69) is 10.2 Å². The molecule has 2 aromatic heterocycles. The van der Waals surface area contributed by atoms with Gasteiger partial charge >= 0.3 is 5.97 Å². The lowest BCUT2D eigenvalue weighted by molar-refractivity contribution is 0.0698. The monoisotopic (exact) mass is 274 g/mol. The molecular weight excluding hydrogens is 264 g/mol. The van der Waals surface area contributed by atoms with Crippen molar-refractivity contribution in [3.05, 3.63) is 36.0 Å². The van der Waals surface area contributed by atoms with Gasteiger partial charge in [0.25, 0.3) is 0 Å². The van der Waals surface area contributed by atoms with Crippen LogP contribution < -0.4 is 4.74 Å². The minimum Gasteiger partial charge on any atom is -0.496 e. The largest absolute Gasteiger partial charge is 0.496 e. The lowest BCUT2D eigenvalue weighted by Crippen LogP contribution is -1.95. The first-order valence-corrected chi connectivity index (χ1v) is 6.36. The summed E-state index contributed by atoms with van der Waals surface area (Å²) in [5.74, 6) is -0.218. The molecule has 0 aliphatic rings. The molecule has 0 aliphatic carbocycles. The first-order chi connectivity index (χ1) is 9.20. The van der Waals surface area contributed by atoms with E-state index < -0.39 is 5.97 Å². The Hall–Kier alpha value is -2.34. The maximum atomic E-state index is 11.1. The van der Waals surface area contributed by atoms with Gasteiger partial charge in [0, 0.05) is 10.1 Å². The molecule has 3 rings (SSSR count). The van der Waals surface area contributed by atoms with Crippen LogP contribution in [-0.4, -0.2) is 28.4 Å². The fraction of sp³-hybridized carbons (Fsp3) is 0.0769. The van der Waals surface area contributed by atoms with Gasteiger partial charge in [-0.3, -0.25) is 5.10 Å². The predicted octanol–water partition coefficient (Wildman–Crippen LogP) is 3.00. The van der Waals surface area contributed by atoms with Crippen LogP contribution in [-0.2, 0) is 0 Å². The molecule has 0 atom stereocenters. The molecule has 0 saturated heterocycles. The first-order valence-electron chi connectivity index (χ1n) is 5.54. The van der Waals surface area contributed by atoms with E-state index in [9.17, 15) is 4.79 Å². The average Bonchev–Trinajstić information content (AvgIpc) is 3.03. The summed E-state index contributed by atoms with van der Waals surface area (Å²) in [6, 6.07) is 7.68. The topological polar surface area (TPSA) is 75.2 Å². The highest BCUT2D eigenvalue weighted by Crippen LogP contribution is 2.38. The van der Waals surface area contributed by atoms with E-state index in [0.29, 0.717) is 5.69 Å². The van der Waals surface area contributed by atoms with Crippen molar-refractivity contribution in [3.8, 4) is 16.3 Å². The van der Waals surface area contributed by atoms with Gasteiger partial charge in [0.2, 0.25) is 0 Å². The maximum Gasteiger partial charge on any atom is 0.339 e. The number of carbonyl (C=O) groups is 1. The fourth-order valence-electron chi connectivity index (χ4n) is 1.97. The molecule has 0 bridgehead atoms. The van der Waals surface area contributed by atoms with E-state index in [1.54, 1.807) is 7.11 Å². The van der Waals surface area contributed by atoms with Crippen molar-refractivity contribution in [2.24, 2.45) is 0 Å². The summed E-state index contributed by atoms with van der Waals surface area (Å²) in [6.07, 6.45) is 1.32. The second kappa shape index (κ2) is 4.40. The second-order valence-electron chi connectivity index (χ2n) is 3.95. The highest BCUT2D eigenvalue weighted by Gasteiger charge is 2.17. The average molecular weight is 274 g/mol. The van der Waals surface area contributed by atoms with Gasteiger partial charge in [0.05, 0.1) is 23.9 Å². The number of carboxylic acid groups (broad SMARTS) is 1. The van der Waals surface area contributed by atoms with Crippen molar-refractivity contribution in [1.29, 1.82) is 0 Å². The van der Waals surface area contributed by atoms with E-state index in [0.717, 1.165) is 20.7 Å². The van der Waals surface area contributed by atoms with Gasteiger partial charge in [-0.2, -0.15) is 5.10 Å². The number of nitrogens with one attached hydrogen (secondary N) is 1. The number of fused-ring (bicyclic) bond motifs is 1. The summed E-state index contributed by atoms with van der Waals surface area (Å²) in [4.78, 5) is 11.9. The van der Waals surface area contributed by atoms with Gasteiger partial charge in [-0.1, -0.05) is 6.07 Å². The fourth-order valence-corrected chi connectivity index (χ4v) is 3.06. The number of rotatable bonds is 3. The van der Waals surface area contributed by atoms with Gasteiger partial charge in [0.15, 0.2) is 0 Å². The van der Waals surface area contributed by atoms with Crippen LogP contribution in [0.2, 0.25) is 0 Å². The molecule has 2 heterocycles. The molecule has 3 aromatic rings. The number of H-pyrrole nitrogens is 1. The third-order valence-corrected chi connectivity index (χ3v) is 3.98. The summed E-state index contributed by atoms with van der Waals surface area (Å²) in [5.41, 5.74) is 0.696. The summed E-state index contributed by atoms with van der Waals surface area (Å²) in [7, 11) is 1.62. The number of aromatic amines is 1. The van der Waals surface area contributed by atoms with Crippen molar-refractivity contribution in [2.45, 2.75) is 0 Å². The number of aromatic nitrogens is 2. The Balaban J connectivity index is 2.21. The van der Waals surface area contributed by atoms with Gasteiger partial charge < -0.3 is 9.84 Å². The van der Waals surface area contributed by atoms with Crippen LogP contribution in [0.15, 0.2) is 30.5 Å². The number of ether oxygens (including phenoxy) is 1. The van der Waals surface area contributed by atoms with Crippen molar-refractivity contribution in [3.63, 3.8) is 0 Å². The number of benzene rings is 1. The van der Waals surface area contributed by atoms with E-state index >= 15 is 0 Å². The highest BCUT2D eigenvalue weighted by molar-refractivity contribution is 7.22.